The molecular weight excluding hydrogens is 346 g/mol. The summed E-state index contributed by atoms with van der Waals surface area (Å²) in [6.45, 7) is 9.70. The number of hydrogen-bond donors (Lipinski definition) is 0. The maximum Gasteiger partial charge on any atom is 0.0880 e. The van der Waals surface area contributed by atoms with Crippen molar-refractivity contribution < 1.29 is 0 Å². The van der Waals surface area contributed by atoms with E-state index in [2.05, 4.69) is 76.2 Å². The molecule has 2 aromatic heterocycles. The molecule has 2 heteroatoms. The Balaban J connectivity index is 1.80. The van der Waals surface area contributed by atoms with Gasteiger partial charge in [0.25, 0.3) is 0 Å². The van der Waals surface area contributed by atoms with Crippen molar-refractivity contribution in [1.29, 1.82) is 0 Å². The molecule has 2 heterocycles. The van der Waals surface area contributed by atoms with Crippen LogP contribution in [-0.4, -0.2) is 4.98 Å². The first-order valence-corrected chi connectivity index (χ1v) is 10.6. The van der Waals surface area contributed by atoms with E-state index in [9.17, 15) is 0 Å². The molecule has 0 fully saturated rings. The zero-order valence-corrected chi connectivity index (χ0v) is 17.3. The molecule has 1 aliphatic rings. The standard InChI is InChI=1S/C25H25NS/c1-24(2)14-17-10-11-18-19-12-13-26-21(16-8-6-5-7-9-16)23(19)27-22(18)20(17)15-25(24,3)4/h5-13H,14-15H2,1-4H3. The van der Waals surface area contributed by atoms with Crippen LogP contribution in [0.15, 0.2) is 54.7 Å². The van der Waals surface area contributed by atoms with Gasteiger partial charge in [-0.3, -0.25) is 4.98 Å². The Bertz CT molecular complexity index is 1170. The number of pyridine rings is 1. The maximum absolute atomic E-state index is 4.75. The summed E-state index contributed by atoms with van der Waals surface area (Å²) >= 11 is 1.94. The van der Waals surface area contributed by atoms with Crippen LogP contribution in [0.3, 0.4) is 0 Å². The molecule has 0 atom stereocenters. The molecule has 136 valence electrons. The number of rotatable bonds is 1. The highest BCUT2D eigenvalue weighted by Crippen LogP contribution is 2.51. The summed E-state index contributed by atoms with van der Waals surface area (Å²) in [5.41, 5.74) is 6.03. The molecular formula is C25H25NS. The summed E-state index contributed by atoms with van der Waals surface area (Å²) in [6.07, 6.45) is 4.26. The van der Waals surface area contributed by atoms with Crippen LogP contribution in [-0.2, 0) is 12.8 Å². The summed E-state index contributed by atoms with van der Waals surface area (Å²) in [7, 11) is 0. The van der Waals surface area contributed by atoms with E-state index in [1.165, 1.54) is 31.3 Å². The summed E-state index contributed by atoms with van der Waals surface area (Å²) in [6, 6.07) is 17.5. The number of benzene rings is 2. The average molecular weight is 372 g/mol. The largest absolute Gasteiger partial charge is 0.255 e. The van der Waals surface area contributed by atoms with Crippen molar-refractivity contribution >= 4 is 31.5 Å². The topological polar surface area (TPSA) is 12.9 Å². The third kappa shape index (κ3) is 2.46. The van der Waals surface area contributed by atoms with Gasteiger partial charge in [-0.2, -0.15) is 0 Å². The Morgan fingerprint density at radius 3 is 2.26 bits per heavy atom. The lowest BCUT2D eigenvalue weighted by Gasteiger charge is -2.46. The minimum absolute atomic E-state index is 0.297. The zero-order chi connectivity index (χ0) is 18.8. The summed E-state index contributed by atoms with van der Waals surface area (Å²) in [5.74, 6) is 0. The molecule has 0 bridgehead atoms. The fourth-order valence-corrected chi connectivity index (χ4v) is 5.79. The molecule has 0 N–H and O–H groups in total. The highest BCUT2D eigenvalue weighted by atomic mass is 32.1. The van der Waals surface area contributed by atoms with Crippen LogP contribution in [0.1, 0.15) is 38.8 Å². The number of fused-ring (bicyclic) bond motifs is 5. The third-order valence-corrected chi connectivity index (χ3v) is 8.17. The van der Waals surface area contributed by atoms with E-state index in [4.69, 9.17) is 4.98 Å². The predicted molar refractivity (Wildman–Crippen MR) is 118 cm³/mol. The summed E-state index contributed by atoms with van der Waals surface area (Å²) in [5, 5.41) is 2.73. The van der Waals surface area contributed by atoms with E-state index in [1.54, 1.807) is 5.56 Å². The van der Waals surface area contributed by atoms with Crippen molar-refractivity contribution in [2.24, 2.45) is 10.8 Å². The smallest absolute Gasteiger partial charge is 0.0880 e. The molecule has 0 saturated carbocycles. The van der Waals surface area contributed by atoms with Crippen molar-refractivity contribution in [1.82, 2.24) is 4.98 Å². The van der Waals surface area contributed by atoms with E-state index in [1.807, 2.05) is 17.5 Å². The van der Waals surface area contributed by atoms with Gasteiger partial charge >= 0.3 is 0 Å². The van der Waals surface area contributed by atoms with Gasteiger partial charge in [-0.05, 0) is 40.9 Å². The van der Waals surface area contributed by atoms with Gasteiger partial charge in [-0.25, -0.2) is 0 Å². The second-order valence-corrected chi connectivity index (χ2v) is 10.2. The van der Waals surface area contributed by atoms with Crippen LogP contribution < -0.4 is 0 Å². The van der Waals surface area contributed by atoms with Crippen LogP contribution in [0.4, 0.5) is 0 Å². The molecule has 0 saturated heterocycles. The van der Waals surface area contributed by atoms with Crippen LogP contribution >= 0.6 is 11.3 Å². The number of hydrogen-bond acceptors (Lipinski definition) is 2. The fraction of sp³-hybridized carbons (Fsp3) is 0.320. The highest BCUT2D eigenvalue weighted by Gasteiger charge is 2.41. The second kappa shape index (κ2) is 5.65. The number of nitrogens with zero attached hydrogens (tertiary/aromatic N) is 1. The van der Waals surface area contributed by atoms with Crippen LogP contribution in [0, 0.1) is 10.8 Å². The lowest BCUT2D eigenvalue weighted by Crippen LogP contribution is -2.40. The first kappa shape index (κ1) is 16.9. The van der Waals surface area contributed by atoms with Crippen molar-refractivity contribution in [3.8, 4) is 11.3 Å². The molecule has 2 aromatic carbocycles. The molecule has 5 rings (SSSR count). The van der Waals surface area contributed by atoms with Gasteiger partial charge in [0.1, 0.15) is 0 Å². The van der Waals surface area contributed by atoms with Gasteiger partial charge in [0.05, 0.1) is 10.4 Å². The quantitative estimate of drug-likeness (QED) is 0.343. The van der Waals surface area contributed by atoms with E-state index in [-0.39, 0.29) is 0 Å². The molecule has 0 aliphatic heterocycles. The Morgan fingerprint density at radius 2 is 1.48 bits per heavy atom. The third-order valence-electron chi connectivity index (χ3n) is 6.89. The highest BCUT2D eigenvalue weighted by molar-refractivity contribution is 7.26. The summed E-state index contributed by atoms with van der Waals surface area (Å²) < 4.78 is 2.78. The van der Waals surface area contributed by atoms with Gasteiger partial charge < -0.3 is 0 Å². The molecule has 1 nitrogen and oxygen atoms in total. The maximum atomic E-state index is 4.75. The summed E-state index contributed by atoms with van der Waals surface area (Å²) in [4.78, 5) is 4.75. The molecule has 0 unspecified atom stereocenters. The van der Waals surface area contributed by atoms with Crippen LogP contribution in [0.5, 0.6) is 0 Å². The van der Waals surface area contributed by atoms with Crippen molar-refractivity contribution in [3.63, 3.8) is 0 Å². The Kier molecular flexibility index (Phi) is 3.55. The van der Waals surface area contributed by atoms with E-state index >= 15 is 0 Å². The molecule has 1 aliphatic carbocycles. The van der Waals surface area contributed by atoms with Gasteiger partial charge in [0, 0.05) is 27.2 Å². The molecule has 27 heavy (non-hydrogen) atoms. The normalized spacial score (nSPS) is 17.9. The monoisotopic (exact) mass is 371 g/mol. The Morgan fingerprint density at radius 1 is 0.778 bits per heavy atom. The van der Waals surface area contributed by atoms with Crippen molar-refractivity contribution in [2.45, 2.75) is 40.5 Å². The fourth-order valence-electron chi connectivity index (χ4n) is 4.42. The van der Waals surface area contributed by atoms with E-state index in [0.717, 1.165) is 18.5 Å². The second-order valence-electron chi connectivity index (χ2n) is 9.21. The Hall–Kier alpha value is -2.19. The molecule has 0 radical (unpaired) electrons. The van der Waals surface area contributed by atoms with E-state index < -0.39 is 0 Å². The minimum Gasteiger partial charge on any atom is -0.255 e. The number of thiophene rings is 1. The molecule has 4 aromatic rings. The van der Waals surface area contributed by atoms with Crippen LogP contribution in [0.2, 0.25) is 0 Å². The van der Waals surface area contributed by atoms with Crippen LogP contribution in [0.25, 0.3) is 31.4 Å². The lowest BCUT2D eigenvalue weighted by atomic mass is 9.58. The molecule has 0 spiro atoms. The Labute approximate surface area is 165 Å². The van der Waals surface area contributed by atoms with E-state index in [0.29, 0.717) is 10.8 Å². The van der Waals surface area contributed by atoms with Gasteiger partial charge in [0.2, 0.25) is 0 Å². The zero-order valence-electron chi connectivity index (χ0n) is 16.5. The van der Waals surface area contributed by atoms with Crippen molar-refractivity contribution in [3.05, 3.63) is 65.9 Å². The molecule has 0 amide bonds. The first-order chi connectivity index (χ1) is 12.9. The van der Waals surface area contributed by atoms with Gasteiger partial charge in [-0.1, -0.05) is 70.2 Å². The SMILES string of the molecule is CC1(C)Cc2ccc3c(sc4c(-c5ccccc5)nccc43)c2CC1(C)C. The first-order valence-electron chi connectivity index (χ1n) is 9.75. The minimum atomic E-state index is 0.297. The number of aromatic nitrogens is 1. The van der Waals surface area contributed by atoms with Crippen molar-refractivity contribution in [2.75, 3.05) is 0 Å². The predicted octanol–water partition coefficient (Wildman–Crippen LogP) is 7.27. The average Bonchev–Trinajstić information content (AvgIpc) is 3.02. The lowest BCUT2D eigenvalue weighted by molar-refractivity contribution is 0.0973. The van der Waals surface area contributed by atoms with Gasteiger partial charge in [-0.15, -0.1) is 11.3 Å². The van der Waals surface area contributed by atoms with Gasteiger partial charge in [0.15, 0.2) is 0 Å².